The number of hydrogen-bond donors (Lipinski definition) is 1. The lowest BCUT2D eigenvalue weighted by atomic mass is 10.1. The molecule has 0 spiro atoms. The molecule has 0 aromatic carbocycles. The second-order valence-electron chi connectivity index (χ2n) is 5.38. The summed E-state index contributed by atoms with van der Waals surface area (Å²) in [5, 5.41) is 14.0. The van der Waals surface area contributed by atoms with Gasteiger partial charge in [-0.1, -0.05) is 6.92 Å². The van der Waals surface area contributed by atoms with Gasteiger partial charge in [-0.3, -0.25) is 0 Å². The summed E-state index contributed by atoms with van der Waals surface area (Å²) in [6.45, 7) is 11.2. The van der Waals surface area contributed by atoms with E-state index in [0.29, 0.717) is 0 Å². The van der Waals surface area contributed by atoms with Gasteiger partial charge in [-0.05, 0) is 27.2 Å². The first kappa shape index (κ1) is 15.5. The van der Waals surface area contributed by atoms with E-state index in [2.05, 4.69) is 43.2 Å². The van der Waals surface area contributed by atoms with E-state index < -0.39 is 0 Å². The van der Waals surface area contributed by atoms with Crippen molar-refractivity contribution in [1.82, 2.24) is 15.5 Å². The van der Waals surface area contributed by atoms with Crippen molar-refractivity contribution in [3.8, 4) is 0 Å². The molecule has 0 aliphatic carbocycles. The fourth-order valence-corrected chi connectivity index (χ4v) is 2.27. The minimum absolute atomic E-state index is 0.168. The van der Waals surface area contributed by atoms with Gasteiger partial charge in [0.25, 0.3) is 0 Å². The van der Waals surface area contributed by atoms with Crippen LogP contribution in [0.15, 0.2) is 0 Å². The molecule has 0 radical (unpaired) electrons. The Morgan fingerprint density at radius 1 is 1.11 bits per heavy atom. The van der Waals surface area contributed by atoms with Crippen LogP contribution < -0.4 is 5.32 Å². The minimum atomic E-state index is 0.168. The molecule has 4 nitrogen and oxygen atoms in total. The van der Waals surface area contributed by atoms with Crippen LogP contribution in [0.1, 0.15) is 44.1 Å². The maximum Gasteiger partial charge on any atom is 0.119 e. The molecule has 104 valence electrons. The van der Waals surface area contributed by atoms with E-state index in [0.717, 1.165) is 49.0 Å². The molecule has 0 aliphatic rings. The van der Waals surface area contributed by atoms with E-state index in [1.807, 2.05) is 0 Å². The number of nitrogens with one attached hydrogen (secondary N) is 1. The van der Waals surface area contributed by atoms with Crippen LogP contribution in [0.3, 0.4) is 0 Å². The van der Waals surface area contributed by atoms with Crippen LogP contribution in [0.25, 0.3) is 0 Å². The Hall–Kier alpha value is -0.520. The Bertz CT molecular complexity index is 333. The van der Waals surface area contributed by atoms with E-state index >= 15 is 0 Å². The standard InChI is InChI=1S/C13H25N3OS/c1-5-9-17-10-7-12-16-15-11(18-12)6-8-14-13(2,3)4/h14H,5-10H2,1-4H3. The van der Waals surface area contributed by atoms with Crippen molar-refractivity contribution in [2.75, 3.05) is 19.8 Å². The Kier molecular flexibility index (Phi) is 6.75. The van der Waals surface area contributed by atoms with E-state index in [-0.39, 0.29) is 5.54 Å². The van der Waals surface area contributed by atoms with Crippen LogP contribution in [0.4, 0.5) is 0 Å². The van der Waals surface area contributed by atoms with E-state index in [9.17, 15) is 0 Å². The molecule has 0 fully saturated rings. The fraction of sp³-hybridized carbons (Fsp3) is 0.846. The molecule has 1 aromatic rings. The molecule has 1 N–H and O–H groups in total. The summed E-state index contributed by atoms with van der Waals surface area (Å²) in [7, 11) is 0. The van der Waals surface area contributed by atoms with Gasteiger partial charge >= 0.3 is 0 Å². The van der Waals surface area contributed by atoms with E-state index in [1.165, 1.54) is 0 Å². The highest BCUT2D eigenvalue weighted by Crippen LogP contribution is 2.11. The average molecular weight is 271 g/mol. The van der Waals surface area contributed by atoms with Crippen LogP contribution in [0.5, 0.6) is 0 Å². The maximum absolute atomic E-state index is 5.45. The van der Waals surface area contributed by atoms with Crippen molar-refractivity contribution in [2.24, 2.45) is 0 Å². The molecular formula is C13H25N3OS. The smallest absolute Gasteiger partial charge is 0.119 e. The van der Waals surface area contributed by atoms with Crippen LogP contribution in [0.2, 0.25) is 0 Å². The van der Waals surface area contributed by atoms with Gasteiger partial charge < -0.3 is 10.1 Å². The zero-order chi connectivity index (χ0) is 13.4. The summed E-state index contributed by atoms with van der Waals surface area (Å²) in [5.41, 5.74) is 0.168. The van der Waals surface area contributed by atoms with Gasteiger partial charge in [0.05, 0.1) is 6.61 Å². The zero-order valence-corrected chi connectivity index (χ0v) is 12.8. The Morgan fingerprint density at radius 3 is 2.39 bits per heavy atom. The van der Waals surface area contributed by atoms with E-state index in [1.54, 1.807) is 11.3 Å². The monoisotopic (exact) mass is 271 g/mol. The fourth-order valence-electron chi connectivity index (χ4n) is 1.44. The van der Waals surface area contributed by atoms with Gasteiger partial charge in [0.2, 0.25) is 0 Å². The van der Waals surface area contributed by atoms with Gasteiger partial charge in [-0.15, -0.1) is 21.5 Å². The Labute approximate surface area is 114 Å². The Morgan fingerprint density at radius 2 is 1.78 bits per heavy atom. The summed E-state index contributed by atoms with van der Waals surface area (Å²) in [6.07, 6.45) is 2.90. The summed E-state index contributed by atoms with van der Waals surface area (Å²) in [5.74, 6) is 0. The third-order valence-corrected chi connectivity index (χ3v) is 3.35. The van der Waals surface area contributed by atoms with Crippen molar-refractivity contribution in [3.63, 3.8) is 0 Å². The first-order valence-corrected chi connectivity index (χ1v) is 7.47. The molecule has 1 aromatic heterocycles. The number of hydrogen-bond acceptors (Lipinski definition) is 5. The summed E-state index contributed by atoms with van der Waals surface area (Å²) >= 11 is 1.70. The molecule has 0 bridgehead atoms. The predicted molar refractivity (Wildman–Crippen MR) is 76.2 cm³/mol. The number of nitrogens with zero attached hydrogens (tertiary/aromatic N) is 2. The normalized spacial score (nSPS) is 12.0. The summed E-state index contributed by atoms with van der Waals surface area (Å²) in [4.78, 5) is 0. The highest BCUT2D eigenvalue weighted by molar-refractivity contribution is 7.11. The molecule has 0 amide bonds. The second-order valence-corrected chi connectivity index (χ2v) is 6.53. The average Bonchev–Trinajstić information content (AvgIpc) is 2.71. The highest BCUT2D eigenvalue weighted by Gasteiger charge is 2.09. The van der Waals surface area contributed by atoms with Crippen LogP contribution >= 0.6 is 11.3 Å². The second kappa shape index (κ2) is 7.81. The maximum atomic E-state index is 5.45. The quantitative estimate of drug-likeness (QED) is 0.738. The molecule has 0 saturated heterocycles. The largest absolute Gasteiger partial charge is 0.381 e. The van der Waals surface area contributed by atoms with Crippen LogP contribution in [0, 0.1) is 0 Å². The van der Waals surface area contributed by atoms with Crippen molar-refractivity contribution < 1.29 is 4.74 Å². The first-order valence-electron chi connectivity index (χ1n) is 6.65. The SMILES string of the molecule is CCCOCCc1nnc(CCNC(C)(C)C)s1. The van der Waals surface area contributed by atoms with Crippen LogP contribution in [-0.4, -0.2) is 35.5 Å². The van der Waals surface area contributed by atoms with Gasteiger partial charge in [0.15, 0.2) is 0 Å². The van der Waals surface area contributed by atoms with Crippen molar-refractivity contribution in [1.29, 1.82) is 0 Å². The van der Waals surface area contributed by atoms with Crippen molar-refractivity contribution >= 4 is 11.3 Å². The van der Waals surface area contributed by atoms with Crippen molar-refractivity contribution in [3.05, 3.63) is 10.0 Å². The van der Waals surface area contributed by atoms with Crippen molar-refractivity contribution in [2.45, 2.75) is 52.5 Å². The lowest BCUT2D eigenvalue weighted by Gasteiger charge is -2.19. The predicted octanol–water partition coefficient (Wildman–Crippen LogP) is 2.44. The van der Waals surface area contributed by atoms with Gasteiger partial charge in [0.1, 0.15) is 10.0 Å². The highest BCUT2D eigenvalue weighted by atomic mass is 32.1. The van der Waals surface area contributed by atoms with Gasteiger partial charge in [0, 0.05) is 31.5 Å². The third kappa shape index (κ3) is 7.03. The number of ether oxygens (including phenoxy) is 1. The van der Waals surface area contributed by atoms with Crippen LogP contribution in [-0.2, 0) is 17.6 Å². The molecule has 0 unspecified atom stereocenters. The molecule has 0 aliphatic heterocycles. The molecule has 0 saturated carbocycles. The molecule has 5 heteroatoms. The molecule has 1 rings (SSSR count). The third-order valence-electron chi connectivity index (χ3n) is 2.31. The lowest BCUT2D eigenvalue weighted by molar-refractivity contribution is 0.138. The molecular weight excluding hydrogens is 246 g/mol. The van der Waals surface area contributed by atoms with Gasteiger partial charge in [-0.25, -0.2) is 0 Å². The Balaban J connectivity index is 2.21. The van der Waals surface area contributed by atoms with E-state index in [4.69, 9.17) is 4.74 Å². The molecule has 1 heterocycles. The summed E-state index contributed by atoms with van der Waals surface area (Å²) < 4.78 is 5.45. The minimum Gasteiger partial charge on any atom is -0.381 e. The number of rotatable bonds is 8. The molecule has 0 atom stereocenters. The van der Waals surface area contributed by atoms with Gasteiger partial charge in [-0.2, -0.15) is 0 Å². The summed E-state index contributed by atoms with van der Waals surface area (Å²) in [6, 6.07) is 0. The lowest BCUT2D eigenvalue weighted by Crippen LogP contribution is -2.37. The topological polar surface area (TPSA) is 47.0 Å². The zero-order valence-electron chi connectivity index (χ0n) is 12.0. The number of aromatic nitrogens is 2. The first-order chi connectivity index (χ1) is 8.51. The molecule has 18 heavy (non-hydrogen) atoms.